The van der Waals surface area contributed by atoms with E-state index in [1.165, 1.54) is 19.3 Å². The number of esters is 2. The number of hydrogen-bond acceptors (Lipinski definition) is 11. The van der Waals surface area contributed by atoms with E-state index in [0.29, 0.717) is 19.3 Å². The molecule has 60 heavy (non-hydrogen) atoms. The van der Waals surface area contributed by atoms with Crippen molar-refractivity contribution in [3.63, 3.8) is 0 Å². The summed E-state index contributed by atoms with van der Waals surface area (Å²) < 4.78 is 47.7. The summed E-state index contributed by atoms with van der Waals surface area (Å²) in [7, 11) is -9.71. The Morgan fingerprint density at radius 3 is 1.53 bits per heavy atom. The molecule has 0 aliphatic carbocycles. The van der Waals surface area contributed by atoms with Crippen LogP contribution in [0.2, 0.25) is 0 Å². The number of hydrogen-bond donors (Lipinski definition) is 5. The second-order valence-electron chi connectivity index (χ2n) is 14.5. The molecule has 0 aliphatic heterocycles. The van der Waals surface area contributed by atoms with Gasteiger partial charge < -0.3 is 34.4 Å². The minimum Gasteiger partial charge on any atom is -0.462 e. The molecule has 0 amide bonds. The van der Waals surface area contributed by atoms with Crippen LogP contribution in [0.3, 0.4) is 0 Å². The first kappa shape index (κ1) is 57.5. The minimum atomic E-state index is -4.88. The van der Waals surface area contributed by atoms with Crippen molar-refractivity contribution in [3.05, 3.63) is 72.9 Å². The zero-order chi connectivity index (χ0) is 44.6. The first-order valence-corrected chi connectivity index (χ1v) is 24.7. The lowest BCUT2D eigenvalue weighted by atomic mass is 10.1. The lowest BCUT2D eigenvalue weighted by Crippen LogP contribution is -2.29. The Bertz CT molecular complexity index is 1350. The Balaban J connectivity index is 4.66. The highest BCUT2D eigenvalue weighted by Crippen LogP contribution is 2.43. The van der Waals surface area contributed by atoms with Gasteiger partial charge in [0.15, 0.2) is 6.10 Å². The van der Waals surface area contributed by atoms with E-state index in [9.17, 15) is 33.8 Å². The maximum Gasteiger partial charge on any atom is 0.472 e. The van der Waals surface area contributed by atoms with Crippen LogP contribution >= 0.6 is 15.6 Å². The third-order valence-corrected chi connectivity index (χ3v) is 10.0. The summed E-state index contributed by atoms with van der Waals surface area (Å²) in [6, 6.07) is 0. The molecule has 16 heteroatoms. The lowest BCUT2D eigenvalue weighted by Gasteiger charge is -2.20. The van der Waals surface area contributed by atoms with E-state index < -0.39 is 66.2 Å². The van der Waals surface area contributed by atoms with Gasteiger partial charge in [0, 0.05) is 12.8 Å². The van der Waals surface area contributed by atoms with Crippen LogP contribution in [0.4, 0.5) is 0 Å². The predicted molar refractivity (Wildman–Crippen MR) is 236 cm³/mol. The van der Waals surface area contributed by atoms with Crippen LogP contribution in [0.25, 0.3) is 0 Å². The molecule has 0 aliphatic rings. The Hall–Kier alpha value is -2.48. The van der Waals surface area contributed by atoms with Gasteiger partial charge >= 0.3 is 27.6 Å². The average Bonchev–Trinajstić information content (AvgIpc) is 3.19. The zero-order valence-electron chi connectivity index (χ0n) is 36.1. The SMILES string of the molecule is CCCCC/C=C\C/C=C\CCCCCCCC(=O)OC[C@H](COP(=O)(O)OC[C@@H](O)COP(=O)(O)O)OC(=O)CCC/C=C\C/C=C\C/C=C\C/C=C\CCC[C@H](C)O. The summed E-state index contributed by atoms with van der Waals surface area (Å²) >= 11 is 0. The maximum absolute atomic E-state index is 12.6. The molecule has 0 radical (unpaired) electrons. The molecule has 0 saturated carbocycles. The van der Waals surface area contributed by atoms with Crippen molar-refractivity contribution in [3.8, 4) is 0 Å². The van der Waals surface area contributed by atoms with Gasteiger partial charge in [0.25, 0.3) is 0 Å². The van der Waals surface area contributed by atoms with Gasteiger partial charge in [-0.25, -0.2) is 9.13 Å². The number of unbranched alkanes of at least 4 members (excludes halogenated alkanes) is 10. The lowest BCUT2D eigenvalue weighted by molar-refractivity contribution is -0.161. The molecule has 1 unspecified atom stereocenters. The first-order chi connectivity index (χ1) is 28.7. The van der Waals surface area contributed by atoms with E-state index >= 15 is 0 Å². The van der Waals surface area contributed by atoms with Gasteiger partial charge in [0.05, 0.1) is 25.9 Å². The van der Waals surface area contributed by atoms with Crippen molar-refractivity contribution in [1.82, 2.24) is 0 Å². The van der Waals surface area contributed by atoms with Crippen molar-refractivity contribution in [2.75, 3.05) is 26.4 Å². The number of carbonyl (C=O) groups is 2. The van der Waals surface area contributed by atoms with Crippen molar-refractivity contribution in [2.45, 2.75) is 167 Å². The Labute approximate surface area is 359 Å². The van der Waals surface area contributed by atoms with E-state index in [-0.39, 0.29) is 18.9 Å². The Morgan fingerprint density at radius 2 is 0.983 bits per heavy atom. The fourth-order valence-corrected chi connectivity index (χ4v) is 6.43. The van der Waals surface area contributed by atoms with Crippen LogP contribution in [0.15, 0.2) is 72.9 Å². The van der Waals surface area contributed by atoms with Crippen molar-refractivity contribution >= 4 is 27.6 Å². The predicted octanol–water partition coefficient (Wildman–Crippen LogP) is 9.98. The molecule has 346 valence electrons. The van der Waals surface area contributed by atoms with E-state index in [4.69, 9.17) is 23.8 Å². The molecule has 0 saturated heterocycles. The molecule has 0 rings (SSSR count). The molecular weight excluding hydrogens is 814 g/mol. The molecule has 0 aromatic carbocycles. The zero-order valence-corrected chi connectivity index (χ0v) is 37.9. The fourth-order valence-electron chi connectivity index (χ4n) is 5.27. The number of ether oxygens (including phenoxy) is 2. The Kier molecular flexibility index (Phi) is 37.7. The third kappa shape index (κ3) is 43.6. The summed E-state index contributed by atoms with van der Waals surface area (Å²) in [5.74, 6) is -1.14. The molecule has 5 N–H and O–H groups in total. The van der Waals surface area contributed by atoms with Gasteiger partial charge in [0.2, 0.25) is 0 Å². The van der Waals surface area contributed by atoms with Gasteiger partial charge in [-0.1, -0.05) is 112 Å². The van der Waals surface area contributed by atoms with Crippen LogP contribution in [-0.4, -0.2) is 81.6 Å². The van der Waals surface area contributed by atoms with Crippen molar-refractivity contribution < 1.29 is 66.7 Å². The van der Waals surface area contributed by atoms with E-state index in [1.54, 1.807) is 6.92 Å². The molecule has 4 atom stereocenters. The van der Waals surface area contributed by atoms with Crippen LogP contribution in [0, 0.1) is 0 Å². The summed E-state index contributed by atoms with van der Waals surface area (Å²) in [4.78, 5) is 52.6. The molecular formula is C44H76O14P2. The van der Waals surface area contributed by atoms with Crippen LogP contribution in [0.1, 0.15) is 149 Å². The number of aliphatic hydroxyl groups is 2. The van der Waals surface area contributed by atoms with E-state index in [2.05, 4.69) is 76.7 Å². The van der Waals surface area contributed by atoms with E-state index in [1.807, 2.05) is 12.2 Å². The van der Waals surface area contributed by atoms with Crippen molar-refractivity contribution in [2.24, 2.45) is 0 Å². The van der Waals surface area contributed by atoms with Gasteiger partial charge in [-0.05, 0) is 96.8 Å². The van der Waals surface area contributed by atoms with Crippen molar-refractivity contribution in [1.29, 1.82) is 0 Å². The molecule has 0 aromatic heterocycles. The number of phosphoric acid groups is 2. The average molecular weight is 891 g/mol. The largest absolute Gasteiger partial charge is 0.472 e. The molecule has 0 heterocycles. The quantitative estimate of drug-likeness (QED) is 0.0168. The Morgan fingerprint density at radius 1 is 0.533 bits per heavy atom. The molecule has 0 bridgehead atoms. The summed E-state index contributed by atoms with van der Waals surface area (Å²) in [5, 5.41) is 19.0. The number of carbonyl (C=O) groups excluding carboxylic acids is 2. The van der Waals surface area contributed by atoms with E-state index in [0.717, 1.165) is 83.5 Å². The topological polar surface area (TPSA) is 216 Å². The monoisotopic (exact) mass is 890 g/mol. The molecule has 0 spiro atoms. The highest BCUT2D eigenvalue weighted by atomic mass is 31.2. The normalized spacial score (nSPS) is 15.2. The van der Waals surface area contributed by atoms with Gasteiger partial charge in [-0.3, -0.25) is 23.2 Å². The second-order valence-corrected chi connectivity index (χ2v) is 17.2. The summed E-state index contributed by atoms with van der Waals surface area (Å²) in [6.45, 7) is 1.18. The third-order valence-electron chi connectivity index (χ3n) is 8.58. The summed E-state index contributed by atoms with van der Waals surface area (Å²) in [5.41, 5.74) is 0. The molecule has 14 nitrogen and oxygen atoms in total. The molecule has 0 aromatic rings. The van der Waals surface area contributed by atoms with Crippen LogP contribution in [0.5, 0.6) is 0 Å². The van der Waals surface area contributed by atoms with Gasteiger partial charge in [-0.2, -0.15) is 0 Å². The van der Waals surface area contributed by atoms with Crippen LogP contribution in [-0.2, 0) is 41.8 Å². The summed E-state index contributed by atoms with van der Waals surface area (Å²) in [6.07, 6.45) is 40.3. The number of phosphoric ester groups is 2. The van der Waals surface area contributed by atoms with Gasteiger partial charge in [0.1, 0.15) is 12.7 Å². The standard InChI is InChI=1S/C44H76O14P2/c1-3-4-5-6-7-8-9-10-12-16-19-22-25-28-31-34-43(47)54-38-42(39-57-60(52,53)56-37-41(46)36-55-59(49,50)51)58-44(48)35-32-29-26-23-20-17-14-11-13-15-18-21-24-27-30-33-40(2)45/h7-8,10,12-15,17,21,23-24,26,40-42,45-46H,3-6,9,11,16,18-20,22,25,27-39H2,1-2H3,(H,52,53)(H2,49,50,51)/b8-7-,12-10-,15-13-,17-14-,24-21-,26-23-/t40-,41-,42+/m0/s1. The van der Waals surface area contributed by atoms with Crippen LogP contribution < -0.4 is 0 Å². The fraction of sp³-hybridized carbons (Fsp3) is 0.682. The number of aliphatic hydroxyl groups excluding tert-OH is 2. The minimum absolute atomic E-state index is 0.0371. The second kappa shape index (κ2) is 39.4. The van der Waals surface area contributed by atoms with Gasteiger partial charge in [-0.15, -0.1) is 0 Å². The smallest absolute Gasteiger partial charge is 0.462 e. The first-order valence-electron chi connectivity index (χ1n) is 21.7. The number of rotatable bonds is 40. The maximum atomic E-state index is 12.6. The highest BCUT2D eigenvalue weighted by molar-refractivity contribution is 7.47. The highest BCUT2D eigenvalue weighted by Gasteiger charge is 2.28. The number of allylic oxidation sites excluding steroid dienone is 12. The molecule has 0 fully saturated rings.